The van der Waals surface area contributed by atoms with E-state index in [1.165, 1.54) is 11.1 Å². The molecule has 106 valence electrons. The van der Waals surface area contributed by atoms with E-state index < -0.39 is 6.10 Å². The van der Waals surface area contributed by atoms with Crippen LogP contribution in [-0.4, -0.2) is 12.2 Å². The fraction of sp³-hybridized carbons (Fsp3) is 0.294. The van der Waals surface area contributed by atoms with E-state index in [2.05, 4.69) is 6.92 Å². The van der Waals surface area contributed by atoms with Gasteiger partial charge in [0.25, 0.3) is 0 Å². The Morgan fingerprint density at radius 2 is 1.70 bits per heavy atom. The van der Waals surface area contributed by atoms with Crippen LogP contribution < -0.4 is 9.47 Å². The van der Waals surface area contributed by atoms with Gasteiger partial charge in [-0.15, -0.1) is 0 Å². The molecule has 1 atom stereocenters. The van der Waals surface area contributed by atoms with Crippen molar-refractivity contribution in [3.8, 4) is 17.2 Å². The normalized spacial score (nSPS) is 12.1. The van der Waals surface area contributed by atoms with Gasteiger partial charge in [-0.3, -0.25) is 0 Å². The molecular weight excluding hydrogens is 252 g/mol. The van der Waals surface area contributed by atoms with Gasteiger partial charge in [0, 0.05) is 0 Å². The third kappa shape index (κ3) is 2.94. The Balaban J connectivity index is 2.40. The lowest BCUT2D eigenvalue weighted by Crippen LogP contribution is -2.00. The fourth-order valence-electron chi connectivity index (χ4n) is 2.11. The number of methoxy groups -OCH3 is 1. The largest absolute Gasteiger partial charge is 0.496 e. The Bertz CT molecular complexity index is 603. The molecule has 2 aromatic carbocycles. The Hall–Kier alpha value is -2.00. The number of aliphatic hydroxyl groups is 1. The SMILES string of the molecule is COc1cccc(Oc2ccc(C)c(C)c2)c1[C@@H](C)O. The van der Waals surface area contributed by atoms with Gasteiger partial charge in [-0.1, -0.05) is 12.1 Å². The zero-order chi connectivity index (χ0) is 14.7. The van der Waals surface area contributed by atoms with E-state index in [9.17, 15) is 5.11 Å². The first-order valence-electron chi connectivity index (χ1n) is 6.63. The second-order valence-corrected chi connectivity index (χ2v) is 4.90. The molecule has 0 saturated carbocycles. The summed E-state index contributed by atoms with van der Waals surface area (Å²) in [5, 5.41) is 9.93. The summed E-state index contributed by atoms with van der Waals surface area (Å²) in [6, 6.07) is 11.4. The maximum Gasteiger partial charge on any atom is 0.136 e. The number of aryl methyl sites for hydroxylation is 2. The summed E-state index contributed by atoms with van der Waals surface area (Å²) >= 11 is 0. The molecule has 0 radical (unpaired) electrons. The van der Waals surface area contributed by atoms with Crippen LogP contribution >= 0.6 is 0 Å². The van der Waals surface area contributed by atoms with Crippen molar-refractivity contribution < 1.29 is 14.6 Å². The topological polar surface area (TPSA) is 38.7 Å². The van der Waals surface area contributed by atoms with Gasteiger partial charge in [-0.25, -0.2) is 0 Å². The van der Waals surface area contributed by atoms with Crippen LogP contribution in [0.25, 0.3) is 0 Å². The molecule has 2 rings (SSSR count). The van der Waals surface area contributed by atoms with E-state index in [1.807, 2.05) is 43.3 Å². The van der Waals surface area contributed by atoms with Crippen LogP contribution in [0, 0.1) is 13.8 Å². The van der Waals surface area contributed by atoms with Crippen LogP contribution in [0.2, 0.25) is 0 Å². The van der Waals surface area contributed by atoms with Crippen molar-refractivity contribution >= 4 is 0 Å². The van der Waals surface area contributed by atoms with Crippen LogP contribution in [0.5, 0.6) is 17.2 Å². The van der Waals surface area contributed by atoms with Crippen LogP contribution in [0.15, 0.2) is 36.4 Å². The molecule has 0 fully saturated rings. The minimum atomic E-state index is -0.660. The summed E-state index contributed by atoms with van der Waals surface area (Å²) < 4.78 is 11.2. The van der Waals surface area contributed by atoms with Crippen molar-refractivity contribution in [2.24, 2.45) is 0 Å². The lowest BCUT2D eigenvalue weighted by atomic mass is 10.1. The molecule has 0 saturated heterocycles. The quantitative estimate of drug-likeness (QED) is 0.908. The third-order valence-electron chi connectivity index (χ3n) is 3.37. The minimum Gasteiger partial charge on any atom is -0.496 e. The number of aliphatic hydroxyl groups excluding tert-OH is 1. The highest BCUT2D eigenvalue weighted by atomic mass is 16.5. The first-order chi connectivity index (χ1) is 9.52. The number of benzene rings is 2. The van der Waals surface area contributed by atoms with Gasteiger partial charge in [-0.2, -0.15) is 0 Å². The van der Waals surface area contributed by atoms with E-state index in [1.54, 1.807) is 14.0 Å². The lowest BCUT2D eigenvalue weighted by molar-refractivity contribution is 0.190. The molecule has 0 aliphatic carbocycles. The van der Waals surface area contributed by atoms with E-state index >= 15 is 0 Å². The van der Waals surface area contributed by atoms with Crippen molar-refractivity contribution in [1.82, 2.24) is 0 Å². The van der Waals surface area contributed by atoms with E-state index in [0.717, 1.165) is 5.75 Å². The molecule has 20 heavy (non-hydrogen) atoms. The molecule has 0 aliphatic heterocycles. The number of rotatable bonds is 4. The van der Waals surface area contributed by atoms with E-state index in [4.69, 9.17) is 9.47 Å². The Morgan fingerprint density at radius 3 is 2.30 bits per heavy atom. The van der Waals surface area contributed by atoms with E-state index in [-0.39, 0.29) is 0 Å². The zero-order valence-corrected chi connectivity index (χ0v) is 12.3. The molecule has 0 amide bonds. The van der Waals surface area contributed by atoms with Gasteiger partial charge >= 0.3 is 0 Å². The van der Waals surface area contributed by atoms with Crippen molar-refractivity contribution in [3.63, 3.8) is 0 Å². The standard InChI is InChI=1S/C17H20O3/c1-11-8-9-14(10-12(11)2)20-16-7-5-6-15(19-4)17(16)13(3)18/h5-10,13,18H,1-4H3/t13-/m1/s1. The second kappa shape index (κ2) is 5.97. The predicted molar refractivity (Wildman–Crippen MR) is 79.6 cm³/mol. The highest BCUT2D eigenvalue weighted by molar-refractivity contribution is 5.48. The lowest BCUT2D eigenvalue weighted by Gasteiger charge is -2.17. The molecule has 0 aliphatic rings. The predicted octanol–water partition coefficient (Wildman–Crippen LogP) is 4.16. The Labute approximate surface area is 119 Å². The number of hydrogen-bond donors (Lipinski definition) is 1. The maximum absolute atomic E-state index is 9.93. The molecule has 2 aromatic rings. The molecule has 3 nitrogen and oxygen atoms in total. The average Bonchev–Trinajstić information content (AvgIpc) is 2.42. The summed E-state index contributed by atoms with van der Waals surface area (Å²) in [7, 11) is 1.58. The smallest absolute Gasteiger partial charge is 0.136 e. The van der Waals surface area contributed by atoms with Crippen molar-refractivity contribution in [1.29, 1.82) is 0 Å². The zero-order valence-electron chi connectivity index (χ0n) is 12.3. The van der Waals surface area contributed by atoms with Gasteiger partial charge in [0.2, 0.25) is 0 Å². The first-order valence-corrected chi connectivity index (χ1v) is 6.63. The number of ether oxygens (including phenoxy) is 2. The van der Waals surface area contributed by atoms with Crippen molar-refractivity contribution in [2.75, 3.05) is 7.11 Å². The van der Waals surface area contributed by atoms with Gasteiger partial charge in [0.05, 0.1) is 18.8 Å². The van der Waals surface area contributed by atoms with Crippen LogP contribution in [0.1, 0.15) is 29.7 Å². The highest BCUT2D eigenvalue weighted by Gasteiger charge is 2.16. The van der Waals surface area contributed by atoms with Gasteiger partial charge in [-0.05, 0) is 56.2 Å². The molecule has 0 aromatic heterocycles. The first kappa shape index (κ1) is 14.4. The van der Waals surface area contributed by atoms with Gasteiger partial charge in [0.15, 0.2) is 0 Å². The summed E-state index contributed by atoms with van der Waals surface area (Å²) in [4.78, 5) is 0. The highest BCUT2D eigenvalue weighted by Crippen LogP contribution is 2.36. The van der Waals surface area contributed by atoms with Crippen LogP contribution in [0.4, 0.5) is 0 Å². The third-order valence-corrected chi connectivity index (χ3v) is 3.37. The molecule has 1 N–H and O–H groups in total. The van der Waals surface area contributed by atoms with Crippen LogP contribution in [-0.2, 0) is 0 Å². The summed E-state index contributed by atoms with van der Waals surface area (Å²) in [5.41, 5.74) is 3.05. The summed E-state index contributed by atoms with van der Waals surface area (Å²) in [5.74, 6) is 1.99. The Morgan fingerprint density at radius 1 is 1.00 bits per heavy atom. The maximum atomic E-state index is 9.93. The molecule has 0 bridgehead atoms. The van der Waals surface area contributed by atoms with E-state index in [0.29, 0.717) is 17.1 Å². The molecular formula is C17H20O3. The van der Waals surface area contributed by atoms with Gasteiger partial charge < -0.3 is 14.6 Å². The van der Waals surface area contributed by atoms with Crippen LogP contribution in [0.3, 0.4) is 0 Å². The van der Waals surface area contributed by atoms with Crippen molar-refractivity contribution in [2.45, 2.75) is 26.9 Å². The molecule has 0 spiro atoms. The molecule has 0 heterocycles. The monoisotopic (exact) mass is 272 g/mol. The van der Waals surface area contributed by atoms with Crippen molar-refractivity contribution in [3.05, 3.63) is 53.1 Å². The minimum absolute atomic E-state index is 0.614. The average molecular weight is 272 g/mol. The second-order valence-electron chi connectivity index (χ2n) is 4.90. The summed E-state index contributed by atoms with van der Waals surface area (Å²) in [6.45, 7) is 5.81. The Kier molecular flexibility index (Phi) is 4.30. The number of hydrogen-bond acceptors (Lipinski definition) is 3. The molecule has 0 unspecified atom stereocenters. The summed E-state index contributed by atoms with van der Waals surface area (Å²) in [6.07, 6.45) is -0.660. The fourth-order valence-corrected chi connectivity index (χ4v) is 2.11. The van der Waals surface area contributed by atoms with Gasteiger partial charge in [0.1, 0.15) is 17.2 Å². The molecule has 3 heteroatoms.